The van der Waals surface area contributed by atoms with E-state index in [2.05, 4.69) is 5.32 Å². The summed E-state index contributed by atoms with van der Waals surface area (Å²) in [5.41, 5.74) is 2.94. The van der Waals surface area contributed by atoms with Gasteiger partial charge in [0.05, 0.1) is 26.4 Å². The molecule has 1 aliphatic rings. The summed E-state index contributed by atoms with van der Waals surface area (Å²) in [6.45, 7) is 2.49. The van der Waals surface area contributed by atoms with Gasteiger partial charge in [0.15, 0.2) is 6.29 Å². The molecule has 7 heteroatoms. The Balaban J connectivity index is 1.49. The zero-order valence-electron chi connectivity index (χ0n) is 20.4. The van der Waals surface area contributed by atoms with Crippen LogP contribution in [-0.2, 0) is 43.6 Å². The van der Waals surface area contributed by atoms with Crippen LogP contribution in [0.3, 0.4) is 0 Å². The van der Waals surface area contributed by atoms with Crippen molar-refractivity contribution in [3.63, 3.8) is 0 Å². The van der Waals surface area contributed by atoms with Crippen LogP contribution in [0.15, 0.2) is 91.0 Å². The molecule has 3 aromatic carbocycles. The average Bonchev–Trinajstić information content (AvgIpc) is 2.90. The Morgan fingerprint density at radius 1 is 0.806 bits per heavy atom. The van der Waals surface area contributed by atoms with E-state index in [0.29, 0.717) is 6.61 Å². The highest BCUT2D eigenvalue weighted by Crippen LogP contribution is 2.27. The molecule has 3 aromatic rings. The second kappa shape index (κ2) is 13.3. The maximum absolute atomic E-state index is 12.1. The summed E-state index contributed by atoms with van der Waals surface area (Å²) in [7, 11) is 0. The molecule has 1 saturated heterocycles. The molecule has 1 unspecified atom stereocenters. The molecule has 0 aliphatic carbocycles. The van der Waals surface area contributed by atoms with Crippen LogP contribution in [0.4, 0.5) is 0 Å². The minimum Gasteiger partial charge on any atom is -0.388 e. The molecule has 0 aromatic heterocycles. The smallest absolute Gasteiger partial charge is 0.217 e. The molecule has 4 rings (SSSR count). The van der Waals surface area contributed by atoms with Crippen LogP contribution in [0.2, 0.25) is 0 Å². The molecule has 2 N–H and O–H groups in total. The van der Waals surface area contributed by atoms with Gasteiger partial charge in [-0.1, -0.05) is 91.0 Å². The van der Waals surface area contributed by atoms with Crippen molar-refractivity contribution in [2.45, 2.75) is 57.4 Å². The summed E-state index contributed by atoms with van der Waals surface area (Å²) >= 11 is 0. The predicted molar refractivity (Wildman–Crippen MR) is 135 cm³/mol. The number of aliphatic hydroxyl groups is 1. The van der Waals surface area contributed by atoms with E-state index in [1.165, 1.54) is 6.92 Å². The van der Waals surface area contributed by atoms with Crippen LogP contribution in [0.25, 0.3) is 0 Å². The van der Waals surface area contributed by atoms with Gasteiger partial charge in [0.25, 0.3) is 0 Å². The molecule has 1 aliphatic heterocycles. The first kappa shape index (κ1) is 26.0. The van der Waals surface area contributed by atoms with E-state index in [-0.39, 0.29) is 25.7 Å². The lowest BCUT2D eigenvalue weighted by atomic mass is 9.96. The summed E-state index contributed by atoms with van der Waals surface area (Å²) in [6.07, 6.45) is -3.37. The number of carbonyl (C=O) groups is 1. The van der Waals surface area contributed by atoms with E-state index < -0.39 is 30.6 Å². The zero-order valence-corrected chi connectivity index (χ0v) is 20.4. The third-order valence-corrected chi connectivity index (χ3v) is 5.98. The van der Waals surface area contributed by atoms with Crippen molar-refractivity contribution >= 4 is 5.91 Å². The molecular weight excluding hydrogens is 458 g/mol. The number of nitrogens with one attached hydrogen (secondary N) is 1. The minimum atomic E-state index is -1.04. The largest absolute Gasteiger partial charge is 0.388 e. The van der Waals surface area contributed by atoms with Gasteiger partial charge in [-0.25, -0.2) is 0 Å². The first-order chi connectivity index (χ1) is 17.6. The number of rotatable bonds is 11. The third kappa shape index (κ3) is 7.46. The lowest BCUT2D eigenvalue weighted by Gasteiger charge is -2.44. The Morgan fingerprint density at radius 3 is 1.83 bits per heavy atom. The van der Waals surface area contributed by atoms with Crippen molar-refractivity contribution in [1.82, 2.24) is 5.32 Å². The molecular formula is C29H33NO6. The van der Waals surface area contributed by atoms with E-state index in [0.717, 1.165) is 16.7 Å². The molecule has 36 heavy (non-hydrogen) atoms. The zero-order chi connectivity index (χ0) is 25.2. The van der Waals surface area contributed by atoms with Crippen LogP contribution in [0.5, 0.6) is 0 Å². The maximum atomic E-state index is 12.1. The Bertz CT molecular complexity index is 1050. The van der Waals surface area contributed by atoms with Gasteiger partial charge in [0.2, 0.25) is 5.91 Å². The molecule has 0 saturated carbocycles. The Kier molecular flexibility index (Phi) is 9.61. The summed E-state index contributed by atoms with van der Waals surface area (Å²) in [5, 5.41) is 14.1. The molecule has 7 nitrogen and oxygen atoms in total. The van der Waals surface area contributed by atoms with E-state index in [4.69, 9.17) is 18.9 Å². The molecule has 190 valence electrons. The van der Waals surface area contributed by atoms with Crippen molar-refractivity contribution in [3.05, 3.63) is 108 Å². The quantitative estimate of drug-likeness (QED) is 0.426. The van der Waals surface area contributed by atoms with Gasteiger partial charge in [-0.3, -0.25) is 4.79 Å². The van der Waals surface area contributed by atoms with Gasteiger partial charge in [0, 0.05) is 6.92 Å². The molecule has 1 heterocycles. The maximum Gasteiger partial charge on any atom is 0.217 e. The first-order valence-corrected chi connectivity index (χ1v) is 12.1. The van der Waals surface area contributed by atoms with Crippen LogP contribution < -0.4 is 5.32 Å². The molecule has 0 bridgehead atoms. The van der Waals surface area contributed by atoms with Crippen LogP contribution in [-0.4, -0.2) is 48.3 Å². The van der Waals surface area contributed by atoms with Crippen molar-refractivity contribution in [2.24, 2.45) is 0 Å². The summed E-state index contributed by atoms with van der Waals surface area (Å²) < 4.78 is 24.4. The number of ether oxygens (including phenoxy) is 4. The Labute approximate surface area is 212 Å². The normalized spacial score (nSPS) is 23.8. The molecule has 1 amide bonds. The Hall–Kier alpha value is -3.07. The summed E-state index contributed by atoms with van der Waals surface area (Å²) in [6, 6.07) is 28.5. The van der Waals surface area contributed by atoms with E-state index in [1.807, 2.05) is 91.0 Å². The molecule has 0 spiro atoms. The van der Waals surface area contributed by atoms with Crippen molar-refractivity contribution < 1.29 is 28.8 Å². The van der Waals surface area contributed by atoms with Crippen LogP contribution in [0.1, 0.15) is 23.6 Å². The number of amides is 1. The highest BCUT2D eigenvalue weighted by Gasteiger charge is 2.47. The van der Waals surface area contributed by atoms with Gasteiger partial charge in [-0.05, 0) is 16.7 Å². The first-order valence-electron chi connectivity index (χ1n) is 12.1. The topological polar surface area (TPSA) is 86.3 Å². The molecule has 1 fully saturated rings. The molecule has 0 radical (unpaired) electrons. The van der Waals surface area contributed by atoms with Crippen molar-refractivity contribution in [3.8, 4) is 0 Å². The summed E-state index contributed by atoms with van der Waals surface area (Å²) in [4.78, 5) is 12.1. The number of hydrogen-bond donors (Lipinski definition) is 2. The van der Waals surface area contributed by atoms with Crippen molar-refractivity contribution in [1.29, 1.82) is 0 Å². The third-order valence-electron chi connectivity index (χ3n) is 5.98. The average molecular weight is 492 g/mol. The number of hydrogen-bond acceptors (Lipinski definition) is 6. The van der Waals surface area contributed by atoms with Crippen LogP contribution >= 0.6 is 0 Å². The van der Waals surface area contributed by atoms with Crippen molar-refractivity contribution in [2.75, 3.05) is 6.61 Å². The monoisotopic (exact) mass is 491 g/mol. The number of aliphatic hydroxyl groups excluding tert-OH is 1. The van der Waals surface area contributed by atoms with Crippen LogP contribution in [0, 0.1) is 0 Å². The van der Waals surface area contributed by atoms with E-state index in [9.17, 15) is 9.90 Å². The van der Waals surface area contributed by atoms with Gasteiger partial charge in [0.1, 0.15) is 24.4 Å². The number of carbonyl (C=O) groups excluding carboxylic acids is 1. The lowest BCUT2D eigenvalue weighted by molar-refractivity contribution is -0.284. The van der Waals surface area contributed by atoms with Gasteiger partial charge >= 0.3 is 0 Å². The standard InChI is InChI=1S/C29H33NO6/c1-21(31)30-26-28(34-18-23-13-7-3-8-14-23)27(32)25(20-33-17-22-11-5-2-6-12-22)36-29(26)35-19-24-15-9-4-10-16-24/h2-16,25-29,32H,17-20H2,1H3,(H,30,31)/t25?,26-,27+,28-,29-/m0/s1. The minimum absolute atomic E-state index is 0.138. The molecule has 5 atom stereocenters. The van der Waals surface area contributed by atoms with Gasteiger partial charge in [-0.15, -0.1) is 0 Å². The highest BCUT2D eigenvalue weighted by molar-refractivity contribution is 5.73. The Morgan fingerprint density at radius 2 is 1.31 bits per heavy atom. The fourth-order valence-corrected chi connectivity index (χ4v) is 4.17. The van der Waals surface area contributed by atoms with E-state index >= 15 is 0 Å². The lowest BCUT2D eigenvalue weighted by Crippen LogP contribution is -2.65. The van der Waals surface area contributed by atoms with Gasteiger partial charge < -0.3 is 29.4 Å². The van der Waals surface area contributed by atoms with E-state index in [1.54, 1.807) is 0 Å². The fraction of sp³-hybridized carbons (Fsp3) is 0.345. The second-order valence-electron chi connectivity index (χ2n) is 8.82. The second-order valence-corrected chi connectivity index (χ2v) is 8.82. The predicted octanol–water partition coefficient (Wildman–Crippen LogP) is 3.60. The van der Waals surface area contributed by atoms with Gasteiger partial charge in [-0.2, -0.15) is 0 Å². The number of benzene rings is 3. The summed E-state index contributed by atoms with van der Waals surface area (Å²) in [5.74, 6) is -0.267. The highest BCUT2D eigenvalue weighted by atomic mass is 16.7. The SMILES string of the molecule is CC(=O)N[C@@H]1[C@@H](OCc2ccccc2)OC(COCc2ccccc2)[C@@H](O)[C@H]1OCc1ccccc1. The fourth-order valence-electron chi connectivity index (χ4n) is 4.17.